The summed E-state index contributed by atoms with van der Waals surface area (Å²) < 4.78 is 6.03. The van der Waals surface area contributed by atoms with E-state index in [0.717, 1.165) is 31.3 Å². The van der Waals surface area contributed by atoms with Crippen LogP contribution in [0, 0.1) is 6.92 Å². The highest BCUT2D eigenvalue weighted by Crippen LogP contribution is 2.25. The maximum Gasteiger partial charge on any atom is 0.194 e. The topological polar surface area (TPSA) is 49.8 Å². The highest BCUT2D eigenvalue weighted by atomic mass is 16.5. The van der Waals surface area contributed by atoms with Gasteiger partial charge in [0.2, 0.25) is 0 Å². The fourth-order valence-corrected chi connectivity index (χ4v) is 3.05. The van der Waals surface area contributed by atoms with Gasteiger partial charge in [-0.1, -0.05) is 30.3 Å². The highest BCUT2D eigenvalue weighted by molar-refractivity contribution is 5.80. The van der Waals surface area contributed by atoms with Gasteiger partial charge in [0.15, 0.2) is 5.96 Å². The second-order valence-electron chi connectivity index (χ2n) is 6.15. The van der Waals surface area contributed by atoms with E-state index in [-0.39, 0.29) is 6.10 Å². The quantitative estimate of drug-likeness (QED) is 0.688. The number of ether oxygens (including phenoxy) is 1. The lowest BCUT2D eigenvalue weighted by atomic mass is 10.0. The van der Waals surface area contributed by atoms with E-state index < -0.39 is 0 Å². The molecule has 0 radical (unpaired) electrons. The molecule has 1 saturated heterocycles. The van der Waals surface area contributed by atoms with Crippen LogP contribution in [0.15, 0.2) is 53.7 Å². The lowest BCUT2D eigenvalue weighted by Crippen LogP contribution is -2.48. The van der Waals surface area contributed by atoms with Crippen molar-refractivity contribution in [3.63, 3.8) is 0 Å². The van der Waals surface area contributed by atoms with Crippen molar-refractivity contribution in [2.45, 2.75) is 26.5 Å². The fourth-order valence-electron chi connectivity index (χ4n) is 3.05. The number of aryl methyl sites for hydroxylation is 1. The highest BCUT2D eigenvalue weighted by Gasteiger charge is 2.25. The molecular weight excluding hydrogens is 312 g/mol. The van der Waals surface area contributed by atoms with Gasteiger partial charge in [-0.2, -0.15) is 0 Å². The van der Waals surface area contributed by atoms with Crippen LogP contribution in [0.25, 0.3) is 0 Å². The second kappa shape index (κ2) is 8.62. The van der Waals surface area contributed by atoms with Gasteiger partial charge in [0.25, 0.3) is 0 Å². The van der Waals surface area contributed by atoms with Crippen LogP contribution in [0.5, 0.6) is 0 Å². The van der Waals surface area contributed by atoms with Crippen molar-refractivity contribution < 1.29 is 4.74 Å². The lowest BCUT2D eigenvalue weighted by Gasteiger charge is -2.35. The Kier molecular flexibility index (Phi) is 6.01. The van der Waals surface area contributed by atoms with E-state index in [4.69, 9.17) is 9.73 Å². The number of benzene rings is 1. The van der Waals surface area contributed by atoms with Gasteiger partial charge in [0.05, 0.1) is 25.4 Å². The van der Waals surface area contributed by atoms with Gasteiger partial charge < -0.3 is 15.0 Å². The third-order valence-corrected chi connectivity index (χ3v) is 4.35. The zero-order chi connectivity index (χ0) is 17.5. The van der Waals surface area contributed by atoms with Gasteiger partial charge >= 0.3 is 0 Å². The van der Waals surface area contributed by atoms with E-state index in [1.807, 2.05) is 18.2 Å². The molecule has 0 aliphatic carbocycles. The summed E-state index contributed by atoms with van der Waals surface area (Å²) in [6.45, 7) is 8.00. The Labute approximate surface area is 149 Å². The number of morpholine rings is 1. The molecule has 5 heteroatoms. The van der Waals surface area contributed by atoms with Crippen molar-refractivity contribution >= 4 is 5.96 Å². The molecule has 2 heterocycles. The molecule has 2 aromatic rings. The zero-order valence-corrected chi connectivity index (χ0v) is 15.0. The fraction of sp³-hybridized carbons (Fsp3) is 0.400. The van der Waals surface area contributed by atoms with Crippen LogP contribution in [0.1, 0.15) is 29.8 Å². The van der Waals surface area contributed by atoms with Gasteiger partial charge in [-0.3, -0.25) is 4.98 Å². The Bertz CT molecular complexity index is 702. The van der Waals surface area contributed by atoms with Gasteiger partial charge in [0, 0.05) is 19.3 Å². The molecule has 0 amide bonds. The van der Waals surface area contributed by atoms with E-state index in [1.165, 1.54) is 11.1 Å². The molecule has 25 heavy (non-hydrogen) atoms. The van der Waals surface area contributed by atoms with Crippen molar-refractivity contribution in [3.05, 3.63) is 65.5 Å². The second-order valence-corrected chi connectivity index (χ2v) is 6.15. The molecule has 1 N–H and O–H groups in total. The monoisotopic (exact) mass is 338 g/mol. The van der Waals surface area contributed by atoms with Gasteiger partial charge in [-0.15, -0.1) is 0 Å². The van der Waals surface area contributed by atoms with Crippen LogP contribution in [0.3, 0.4) is 0 Å². The van der Waals surface area contributed by atoms with Gasteiger partial charge in [-0.05, 0) is 37.1 Å². The average molecular weight is 338 g/mol. The van der Waals surface area contributed by atoms with E-state index in [0.29, 0.717) is 13.2 Å². The number of rotatable bonds is 4. The molecule has 132 valence electrons. The Morgan fingerprint density at radius 3 is 2.88 bits per heavy atom. The van der Waals surface area contributed by atoms with Crippen molar-refractivity contribution in [1.82, 2.24) is 15.2 Å². The summed E-state index contributed by atoms with van der Waals surface area (Å²) in [6.07, 6.45) is 1.88. The number of nitrogens with one attached hydrogen (secondary N) is 1. The number of hydrogen-bond acceptors (Lipinski definition) is 3. The van der Waals surface area contributed by atoms with Crippen LogP contribution in [-0.2, 0) is 11.3 Å². The normalized spacial score (nSPS) is 18.2. The molecule has 0 saturated carbocycles. The Morgan fingerprint density at radius 1 is 1.28 bits per heavy atom. The first kappa shape index (κ1) is 17.4. The molecule has 1 aliphatic heterocycles. The van der Waals surface area contributed by atoms with Crippen molar-refractivity contribution in [2.24, 2.45) is 4.99 Å². The number of guanidine groups is 1. The molecule has 1 aromatic carbocycles. The first-order chi connectivity index (χ1) is 12.3. The summed E-state index contributed by atoms with van der Waals surface area (Å²) in [6, 6.07) is 14.4. The predicted octanol–water partition coefficient (Wildman–Crippen LogP) is 2.93. The molecule has 3 rings (SSSR count). The molecule has 1 aliphatic rings. The third kappa shape index (κ3) is 4.57. The minimum absolute atomic E-state index is 0.0775. The van der Waals surface area contributed by atoms with E-state index in [1.54, 1.807) is 6.20 Å². The van der Waals surface area contributed by atoms with Crippen LogP contribution in [0.2, 0.25) is 0 Å². The Morgan fingerprint density at radius 2 is 2.12 bits per heavy atom. The zero-order valence-electron chi connectivity index (χ0n) is 15.0. The van der Waals surface area contributed by atoms with Crippen molar-refractivity contribution in [3.8, 4) is 0 Å². The van der Waals surface area contributed by atoms with E-state index in [9.17, 15) is 0 Å². The molecule has 0 bridgehead atoms. The summed E-state index contributed by atoms with van der Waals surface area (Å²) in [5.74, 6) is 0.926. The maximum absolute atomic E-state index is 6.03. The molecule has 1 unspecified atom stereocenters. The summed E-state index contributed by atoms with van der Waals surface area (Å²) in [5, 5.41) is 3.40. The Hall–Kier alpha value is -2.40. The number of aliphatic imine (C=N–C) groups is 1. The number of pyridine rings is 1. The smallest absolute Gasteiger partial charge is 0.194 e. The first-order valence-corrected chi connectivity index (χ1v) is 8.88. The maximum atomic E-state index is 6.03. The summed E-state index contributed by atoms with van der Waals surface area (Å²) in [5.41, 5.74) is 3.50. The molecule has 1 atom stereocenters. The summed E-state index contributed by atoms with van der Waals surface area (Å²) >= 11 is 0. The summed E-state index contributed by atoms with van der Waals surface area (Å²) in [7, 11) is 0. The van der Waals surface area contributed by atoms with Gasteiger partial charge in [0.1, 0.15) is 6.10 Å². The standard InChI is InChI=1S/C20H26N4O/c1-3-21-20(23-14-17-9-6-7-11-22-17)24-12-13-25-19(15-24)18-10-5-4-8-16(18)2/h4-11,19H,3,12-15H2,1-2H3,(H,21,23). The third-order valence-electron chi connectivity index (χ3n) is 4.35. The van der Waals surface area contributed by atoms with Crippen LogP contribution >= 0.6 is 0 Å². The average Bonchev–Trinajstić information content (AvgIpc) is 2.66. The van der Waals surface area contributed by atoms with E-state index in [2.05, 4.69) is 53.3 Å². The first-order valence-electron chi connectivity index (χ1n) is 8.88. The SMILES string of the molecule is CCNC(=NCc1ccccn1)N1CCOC(c2ccccc2C)C1. The lowest BCUT2D eigenvalue weighted by molar-refractivity contribution is -0.00834. The summed E-state index contributed by atoms with van der Waals surface area (Å²) in [4.78, 5) is 11.4. The largest absolute Gasteiger partial charge is 0.370 e. The van der Waals surface area contributed by atoms with Gasteiger partial charge in [-0.25, -0.2) is 4.99 Å². The number of nitrogens with zero attached hydrogens (tertiary/aromatic N) is 3. The van der Waals surface area contributed by atoms with Crippen LogP contribution in [0.4, 0.5) is 0 Å². The van der Waals surface area contributed by atoms with Crippen LogP contribution < -0.4 is 5.32 Å². The molecule has 0 spiro atoms. The minimum atomic E-state index is 0.0775. The van der Waals surface area contributed by atoms with Crippen molar-refractivity contribution in [1.29, 1.82) is 0 Å². The molecule has 1 aromatic heterocycles. The van der Waals surface area contributed by atoms with E-state index >= 15 is 0 Å². The molecular formula is C20H26N4O. The molecule has 5 nitrogen and oxygen atoms in total. The Balaban J connectivity index is 1.73. The molecule has 1 fully saturated rings. The van der Waals surface area contributed by atoms with Crippen molar-refractivity contribution in [2.75, 3.05) is 26.2 Å². The predicted molar refractivity (Wildman–Crippen MR) is 100 cm³/mol. The number of aromatic nitrogens is 1. The number of hydrogen-bond donors (Lipinski definition) is 1. The van der Waals surface area contributed by atoms with Crippen LogP contribution in [-0.4, -0.2) is 42.1 Å². The minimum Gasteiger partial charge on any atom is -0.370 e.